The van der Waals surface area contributed by atoms with Gasteiger partial charge in [-0.05, 0) is 43.1 Å². The highest BCUT2D eigenvalue weighted by atomic mass is 35.5. The van der Waals surface area contributed by atoms with Crippen molar-refractivity contribution in [3.63, 3.8) is 0 Å². The Balaban J connectivity index is 1.44. The third kappa shape index (κ3) is 6.64. The summed E-state index contributed by atoms with van der Waals surface area (Å²) < 4.78 is 12.2. The third-order valence-corrected chi connectivity index (χ3v) is 9.23. The van der Waals surface area contributed by atoms with E-state index >= 15 is 0 Å². The van der Waals surface area contributed by atoms with Gasteiger partial charge in [-0.25, -0.2) is 14.8 Å². The molecule has 8 nitrogen and oxygen atoms in total. The molecular weight excluding hydrogens is 560 g/mol. The maximum Gasteiger partial charge on any atom is 0.345 e. The van der Waals surface area contributed by atoms with Gasteiger partial charge in [0.1, 0.15) is 23.5 Å². The molecule has 1 fully saturated rings. The molecule has 41 heavy (non-hydrogen) atoms. The maximum atomic E-state index is 12.2. The molecule has 0 unspecified atom stereocenters. The molecule has 2 aromatic heterocycles. The number of likely N-dealkylation sites (N-methyl/N-ethyl adjacent to an activating group) is 1. The van der Waals surface area contributed by atoms with E-state index in [1.807, 2.05) is 49.4 Å². The zero-order chi connectivity index (χ0) is 28.9. The van der Waals surface area contributed by atoms with Crippen molar-refractivity contribution in [2.45, 2.75) is 32.8 Å². The van der Waals surface area contributed by atoms with Gasteiger partial charge in [0.15, 0.2) is 0 Å². The zero-order valence-electron chi connectivity index (χ0n) is 23.6. The van der Waals surface area contributed by atoms with Gasteiger partial charge < -0.3 is 19.5 Å². The Kier molecular flexibility index (Phi) is 9.39. The van der Waals surface area contributed by atoms with E-state index in [1.165, 1.54) is 6.33 Å². The van der Waals surface area contributed by atoms with Crippen LogP contribution in [0.2, 0.25) is 5.02 Å². The lowest BCUT2D eigenvalue weighted by molar-refractivity contribution is -0.145. The van der Waals surface area contributed by atoms with Crippen LogP contribution in [-0.2, 0) is 17.6 Å². The van der Waals surface area contributed by atoms with Crippen molar-refractivity contribution in [3.05, 3.63) is 69.8 Å². The number of aliphatic carboxylic acids is 1. The number of carboxylic acids is 1. The van der Waals surface area contributed by atoms with E-state index in [0.29, 0.717) is 22.8 Å². The summed E-state index contributed by atoms with van der Waals surface area (Å²) in [5.41, 5.74) is 3.61. The van der Waals surface area contributed by atoms with Gasteiger partial charge in [-0.15, -0.1) is 11.3 Å². The predicted octanol–water partition coefficient (Wildman–Crippen LogP) is 5.58. The summed E-state index contributed by atoms with van der Waals surface area (Å²) in [5, 5.41) is 11.2. The lowest BCUT2D eigenvalue weighted by Crippen LogP contribution is -2.45. The number of hydrogen-bond acceptors (Lipinski definition) is 8. The number of rotatable bonds is 11. The van der Waals surface area contributed by atoms with Gasteiger partial charge >= 0.3 is 5.97 Å². The van der Waals surface area contributed by atoms with Gasteiger partial charge in [0, 0.05) is 49.6 Å². The molecule has 4 aromatic rings. The van der Waals surface area contributed by atoms with Gasteiger partial charge in [-0.1, -0.05) is 54.9 Å². The van der Waals surface area contributed by atoms with E-state index < -0.39 is 12.1 Å². The van der Waals surface area contributed by atoms with E-state index in [1.54, 1.807) is 11.3 Å². The van der Waals surface area contributed by atoms with E-state index in [2.05, 4.69) is 33.7 Å². The fraction of sp³-hybridized carbons (Fsp3) is 0.387. The highest BCUT2D eigenvalue weighted by molar-refractivity contribution is 7.19. The van der Waals surface area contributed by atoms with Crippen molar-refractivity contribution in [2.75, 3.05) is 46.4 Å². The average molecular weight is 595 g/mol. The highest BCUT2D eigenvalue weighted by Gasteiger charge is 2.26. The Morgan fingerprint density at radius 1 is 1.12 bits per heavy atom. The molecule has 1 atom stereocenters. The van der Waals surface area contributed by atoms with Crippen LogP contribution in [0, 0.1) is 6.92 Å². The molecule has 1 saturated heterocycles. The fourth-order valence-corrected chi connectivity index (χ4v) is 6.42. The number of aryl methyl sites for hydroxylation is 1. The maximum absolute atomic E-state index is 12.2. The molecule has 10 heteroatoms. The number of thiophene rings is 1. The van der Waals surface area contributed by atoms with E-state index in [0.717, 1.165) is 71.1 Å². The number of aromatic nitrogens is 2. The minimum atomic E-state index is -1.10. The number of hydrogen-bond donors (Lipinski definition) is 1. The summed E-state index contributed by atoms with van der Waals surface area (Å²) in [7, 11) is 2.15. The first kappa shape index (κ1) is 29.3. The number of halogens is 1. The first-order chi connectivity index (χ1) is 19.9. The van der Waals surface area contributed by atoms with E-state index in [-0.39, 0.29) is 12.3 Å². The normalized spacial score (nSPS) is 15.2. The minimum absolute atomic E-state index is 0.215. The molecule has 0 amide bonds. The molecule has 1 aliphatic rings. The van der Waals surface area contributed by atoms with Crippen LogP contribution in [0.4, 0.5) is 0 Å². The summed E-state index contributed by atoms with van der Waals surface area (Å²) >= 11 is 8.44. The summed E-state index contributed by atoms with van der Waals surface area (Å²) in [6.07, 6.45) is 1.31. The Morgan fingerprint density at radius 2 is 1.88 bits per heavy atom. The molecule has 216 valence electrons. The van der Waals surface area contributed by atoms with Crippen LogP contribution < -0.4 is 9.47 Å². The third-order valence-electron chi connectivity index (χ3n) is 7.52. The second-order valence-electron chi connectivity index (χ2n) is 10.3. The number of ether oxygens (including phenoxy) is 2. The summed E-state index contributed by atoms with van der Waals surface area (Å²) in [4.78, 5) is 27.7. The van der Waals surface area contributed by atoms with Crippen LogP contribution in [0.15, 0.2) is 48.8 Å². The van der Waals surface area contributed by atoms with Crippen molar-refractivity contribution in [3.8, 4) is 22.8 Å². The molecule has 5 rings (SSSR count). The van der Waals surface area contributed by atoms with Crippen LogP contribution >= 0.6 is 22.9 Å². The Hall–Kier alpha value is -3.24. The Bertz CT molecular complexity index is 1510. The number of fused-ring (bicyclic) bond motifs is 1. The summed E-state index contributed by atoms with van der Waals surface area (Å²) in [5.74, 6) is -0.140. The van der Waals surface area contributed by atoms with Gasteiger partial charge in [0.25, 0.3) is 0 Å². The van der Waals surface area contributed by atoms with Crippen molar-refractivity contribution < 1.29 is 19.4 Å². The number of carbonyl (C=O) groups is 1. The van der Waals surface area contributed by atoms with E-state index in [4.69, 9.17) is 21.1 Å². The van der Waals surface area contributed by atoms with Crippen LogP contribution in [0.1, 0.15) is 22.9 Å². The summed E-state index contributed by atoms with van der Waals surface area (Å²) in [6.45, 7) is 9.70. The lowest BCUT2D eigenvalue weighted by atomic mass is 9.97. The lowest BCUT2D eigenvalue weighted by Gasteiger charge is -2.32. The van der Waals surface area contributed by atoms with Crippen molar-refractivity contribution >= 4 is 39.1 Å². The molecule has 0 spiro atoms. The van der Waals surface area contributed by atoms with Crippen LogP contribution in [0.3, 0.4) is 0 Å². The van der Waals surface area contributed by atoms with E-state index in [9.17, 15) is 9.90 Å². The monoisotopic (exact) mass is 594 g/mol. The van der Waals surface area contributed by atoms with Crippen molar-refractivity contribution in [1.29, 1.82) is 0 Å². The molecule has 3 heterocycles. The number of nitrogens with zero attached hydrogens (tertiary/aromatic N) is 4. The molecule has 1 aliphatic heterocycles. The topological polar surface area (TPSA) is 88.0 Å². The largest absolute Gasteiger partial charge is 0.491 e. The van der Waals surface area contributed by atoms with Gasteiger partial charge in [-0.3, -0.25) is 4.90 Å². The minimum Gasteiger partial charge on any atom is -0.491 e. The number of benzene rings is 2. The van der Waals surface area contributed by atoms with Gasteiger partial charge in [0.05, 0.1) is 10.4 Å². The Morgan fingerprint density at radius 3 is 2.59 bits per heavy atom. The molecular formula is C31H35ClN4O4S. The van der Waals surface area contributed by atoms with Crippen LogP contribution in [0.25, 0.3) is 21.3 Å². The standard InChI is InChI=1S/C31H35ClN4O4S/c1-4-25-26(22-10-11-23(28(32)20(22)2)39-17-16-36-14-12-35(3)13-15-36)27-29(33-19-34-30(27)41-25)40-24(31(37)38)18-21-8-6-5-7-9-21/h5-11,19,24H,4,12-18H2,1-3H3,(H,37,38)/t24-/m1/s1. The zero-order valence-corrected chi connectivity index (χ0v) is 25.2. The van der Waals surface area contributed by atoms with Crippen LogP contribution in [0.5, 0.6) is 11.6 Å². The number of piperazine rings is 1. The SMILES string of the molecule is CCc1sc2ncnc(O[C@H](Cc3ccccc3)C(=O)O)c2c1-c1ccc(OCCN2CCN(C)CC2)c(Cl)c1C. The predicted molar refractivity (Wildman–Crippen MR) is 164 cm³/mol. The van der Waals surface area contributed by atoms with Gasteiger partial charge in [-0.2, -0.15) is 0 Å². The molecule has 1 N–H and O–H groups in total. The second-order valence-corrected chi connectivity index (χ2v) is 11.8. The average Bonchev–Trinajstić information content (AvgIpc) is 3.36. The number of carboxylic acid groups (broad SMARTS) is 1. The fourth-order valence-electron chi connectivity index (χ4n) is 5.12. The second kappa shape index (κ2) is 13.2. The first-order valence-corrected chi connectivity index (χ1v) is 15.1. The van der Waals surface area contributed by atoms with Crippen molar-refractivity contribution in [1.82, 2.24) is 19.8 Å². The van der Waals surface area contributed by atoms with Gasteiger partial charge in [0.2, 0.25) is 12.0 Å². The molecule has 0 saturated carbocycles. The summed E-state index contributed by atoms with van der Waals surface area (Å²) in [6, 6.07) is 13.4. The molecule has 0 radical (unpaired) electrons. The Labute approximate surface area is 249 Å². The molecule has 2 aromatic carbocycles. The first-order valence-electron chi connectivity index (χ1n) is 13.9. The molecule has 0 aliphatic carbocycles. The van der Waals surface area contributed by atoms with Crippen LogP contribution in [-0.4, -0.2) is 83.3 Å². The highest BCUT2D eigenvalue weighted by Crippen LogP contribution is 2.45. The van der Waals surface area contributed by atoms with Crippen molar-refractivity contribution in [2.24, 2.45) is 0 Å². The molecule has 0 bridgehead atoms. The quantitative estimate of drug-likeness (QED) is 0.241. The smallest absolute Gasteiger partial charge is 0.345 e.